The Morgan fingerprint density at radius 2 is 1.92 bits per heavy atom. The standard InChI is InChI=1S/C19H19N7/c1-13(24-7-2-3-8-24)16-10-21-18-5-4-14(12-25(16)18)15-6-9-26-17(15)11-22-19(20)23-26/h4-6,9-12H,1-3,7-8H2,(H2,20,23). The maximum absolute atomic E-state index is 5.68. The Balaban J connectivity index is 1.62. The highest BCUT2D eigenvalue weighted by Gasteiger charge is 2.18. The number of nitrogens with two attached hydrogens (primary N) is 1. The van der Waals surface area contributed by atoms with Crippen molar-refractivity contribution in [2.24, 2.45) is 0 Å². The molecule has 2 N–H and O–H groups in total. The summed E-state index contributed by atoms with van der Waals surface area (Å²) in [7, 11) is 0. The SMILES string of the molecule is C=C(c1cnc2ccc(-c3ccn4nc(N)ncc34)cn12)N1CCCC1. The summed E-state index contributed by atoms with van der Waals surface area (Å²) in [6, 6.07) is 6.12. The smallest absolute Gasteiger partial charge is 0.238 e. The number of hydrogen-bond acceptors (Lipinski definition) is 5. The number of hydrogen-bond donors (Lipinski definition) is 1. The lowest BCUT2D eigenvalue weighted by Crippen LogP contribution is -2.17. The summed E-state index contributed by atoms with van der Waals surface area (Å²) in [5.41, 5.74) is 11.7. The van der Waals surface area contributed by atoms with Crippen LogP contribution in [0.3, 0.4) is 0 Å². The van der Waals surface area contributed by atoms with Crippen LogP contribution >= 0.6 is 0 Å². The van der Waals surface area contributed by atoms with Gasteiger partial charge in [-0.05, 0) is 31.0 Å². The molecule has 0 saturated carbocycles. The van der Waals surface area contributed by atoms with Crippen LogP contribution in [0, 0.1) is 0 Å². The number of nitrogen functional groups attached to an aromatic ring is 1. The number of anilines is 1. The zero-order valence-corrected chi connectivity index (χ0v) is 14.3. The van der Waals surface area contributed by atoms with E-state index in [0.717, 1.165) is 46.8 Å². The first kappa shape index (κ1) is 14.9. The molecule has 1 aliphatic rings. The summed E-state index contributed by atoms with van der Waals surface area (Å²) in [6.45, 7) is 6.44. The van der Waals surface area contributed by atoms with Gasteiger partial charge in [0.05, 0.1) is 29.3 Å². The molecule has 130 valence electrons. The first-order chi connectivity index (χ1) is 12.7. The van der Waals surface area contributed by atoms with Crippen molar-refractivity contribution in [2.45, 2.75) is 12.8 Å². The number of rotatable bonds is 3. The molecule has 4 aromatic heterocycles. The largest absolute Gasteiger partial charge is 0.370 e. The Hall–Kier alpha value is -3.35. The van der Waals surface area contributed by atoms with Gasteiger partial charge in [0.15, 0.2) is 0 Å². The number of pyridine rings is 1. The van der Waals surface area contributed by atoms with Crippen LogP contribution in [0.4, 0.5) is 5.95 Å². The number of likely N-dealkylation sites (tertiary alicyclic amines) is 1. The van der Waals surface area contributed by atoms with E-state index in [0.29, 0.717) is 0 Å². The molecule has 0 atom stereocenters. The normalized spacial score (nSPS) is 14.5. The Kier molecular flexibility index (Phi) is 3.21. The van der Waals surface area contributed by atoms with Crippen LogP contribution in [0.2, 0.25) is 0 Å². The van der Waals surface area contributed by atoms with E-state index in [9.17, 15) is 0 Å². The van der Waals surface area contributed by atoms with Gasteiger partial charge in [-0.15, -0.1) is 5.10 Å². The zero-order chi connectivity index (χ0) is 17.7. The average molecular weight is 345 g/mol. The number of nitrogens with zero attached hydrogens (tertiary/aromatic N) is 6. The van der Waals surface area contributed by atoms with Gasteiger partial charge in [0.25, 0.3) is 0 Å². The second kappa shape index (κ2) is 5.59. The highest BCUT2D eigenvalue weighted by atomic mass is 15.3. The van der Waals surface area contributed by atoms with Crippen LogP contribution in [-0.2, 0) is 0 Å². The van der Waals surface area contributed by atoms with Gasteiger partial charge in [-0.2, -0.15) is 0 Å². The Bertz CT molecular complexity index is 1130. The molecule has 1 saturated heterocycles. The fourth-order valence-electron chi connectivity index (χ4n) is 3.66. The van der Waals surface area contributed by atoms with Gasteiger partial charge in [0, 0.05) is 36.6 Å². The maximum atomic E-state index is 5.68. The molecule has 5 rings (SSSR count). The predicted octanol–water partition coefficient (Wildman–Crippen LogP) is 2.69. The lowest BCUT2D eigenvalue weighted by atomic mass is 10.1. The van der Waals surface area contributed by atoms with Crippen molar-refractivity contribution in [2.75, 3.05) is 18.8 Å². The summed E-state index contributed by atoms with van der Waals surface area (Å²) < 4.78 is 3.86. The predicted molar refractivity (Wildman–Crippen MR) is 101 cm³/mol. The van der Waals surface area contributed by atoms with Crippen LogP contribution in [0.15, 0.2) is 49.6 Å². The molecule has 4 aromatic rings. The van der Waals surface area contributed by atoms with Gasteiger partial charge in [-0.25, -0.2) is 14.5 Å². The van der Waals surface area contributed by atoms with Crippen molar-refractivity contribution in [1.29, 1.82) is 0 Å². The van der Waals surface area contributed by atoms with Crippen molar-refractivity contribution in [3.8, 4) is 11.1 Å². The third-order valence-corrected chi connectivity index (χ3v) is 5.03. The van der Waals surface area contributed by atoms with E-state index in [4.69, 9.17) is 5.73 Å². The van der Waals surface area contributed by atoms with Gasteiger partial charge >= 0.3 is 0 Å². The molecule has 0 amide bonds. The van der Waals surface area contributed by atoms with Crippen molar-refractivity contribution in [1.82, 2.24) is 28.9 Å². The molecule has 1 fully saturated rings. The molecular weight excluding hydrogens is 326 g/mol. The molecule has 0 radical (unpaired) electrons. The molecule has 5 heterocycles. The fourth-order valence-corrected chi connectivity index (χ4v) is 3.66. The van der Waals surface area contributed by atoms with Crippen molar-refractivity contribution in [3.05, 3.63) is 55.3 Å². The Morgan fingerprint density at radius 1 is 1.08 bits per heavy atom. The first-order valence-electron chi connectivity index (χ1n) is 8.72. The van der Waals surface area contributed by atoms with Crippen LogP contribution in [0.25, 0.3) is 28.0 Å². The molecule has 0 bridgehead atoms. The molecule has 7 nitrogen and oxygen atoms in total. The zero-order valence-electron chi connectivity index (χ0n) is 14.3. The van der Waals surface area contributed by atoms with Gasteiger partial charge in [-0.3, -0.25) is 4.40 Å². The van der Waals surface area contributed by atoms with Gasteiger partial charge in [0.1, 0.15) is 5.65 Å². The highest BCUT2D eigenvalue weighted by Crippen LogP contribution is 2.28. The number of imidazole rings is 1. The third-order valence-electron chi connectivity index (χ3n) is 5.03. The van der Waals surface area contributed by atoms with Crippen molar-refractivity contribution >= 4 is 22.8 Å². The van der Waals surface area contributed by atoms with Crippen molar-refractivity contribution < 1.29 is 0 Å². The van der Waals surface area contributed by atoms with E-state index >= 15 is 0 Å². The van der Waals surface area contributed by atoms with Gasteiger partial charge < -0.3 is 10.6 Å². The topological polar surface area (TPSA) is 76.7 Å². The van der Waals surface area contributed by atoms with Crippen LogP contribution < -0.4 is 5.73 Å². The third kappa shape index (κ3) is 2.24. The minimum Gasteiger partial charge on any atom is -0.370 e. The Labute approximate surface area is 150 Å². The van der Waals surface area contributed by atoms with E-state index in [1.165, 1.54) is 12.8 Å². The molecule has 0 spiro atoms. The van der Waals surface area contributed by atoms with E-state index in [1.54, 1.807) is 10.7 Å². The quantitative estimate of drug-likeness (QED) is 0.618. The second-order valence-corrected chi connectivity index (χ2v) is 6.61. The highest BCUT2D eigenvalue weighted by molar-refractivity contribution is 5.81. The molecule has 26 heavy (non-hydrogen) atoms. The summed E-state index contributed by atoms with van der Waals surface area (Å²) in [5.74, 6) is 0.258. The van der Waals surface area contributed by atoms with E-state index in [-0.39, 0.29) is 5.95 Å². The lowest BCUT2D eigenvalue weighted by molar-refractivity contribution is 0.492. The molecular formula is C19H19N7. The molecule has 0 unspecified atom stereocenters. The summed E-state index contributed by atoms with van der Waals surface area (Å²) in [4.78, 5) is 11.0. The number of fused-ring (bicyclic) bond motifs is 2. The van der Waals surface area contributed by atoms with Crippen LogP contribution in [0.1, 0.15) is 18.5 Å². The summed E-state index contributed by atoms with van der Waals surface area (Å²) >= 11 is 0. The average Bonchev–Trinajstić information content (AvgIpc) is 3.39. The van der Waals surface area contributed by atoms with Crippen LogP contribution in [-0.4, -0.2) is 42.0 Å². The molecule has 7 heteroatoms. The first-order valence-corrected chi connectivity index (χ1v) is 8.72. The van der Waals surface area contributed by atoms with E-state index in [1.807, 2.05) is 24.5 Å². The molecule has 0 aromatic carbocycles. The van der Waals surface area contributed by atoms with Gasteiger partial charge in [-0.1, -0.05) is 6.58 Å². The minimum atomic E-state index is 0.258. The van der Waals surface area contributed by atoms with E-state index < -0.39 is 0 Å². The summed E-state index contributed by atoms with van der Waals surface area (Å²) in [5, 5.41) is 4.22. The van der Waals surface area contributed by atoms with E-state index in [2.05, 4.69) is 43.2 Å². The second-order valence-electron chi connectivity index (χ2n) is 6.61. The van der Waals surface area contributed by atoms with Crippen LogP contribution in [0.5, 0.6) is 0 Å². The monoisotopic (exact) mass is 345 g/mol. The van der Waals surface area contributed by atoms with Crippen molar-refractivity contribution in [3.63, 3.8) is 0 Å². The van der Waals surface area contributed by atoms with Gasteiger partial charge in [0.2, 0.25) is 5.95 Å². The molecule has 1 aliphatic heterocycles. The lowest BCUT2D eigenvalue weighted by Gasteiger charge is -2.20. The summed E-state index contributed by atoms with van der Waals surface area (Å²) in [6.07, 6.45) is 10.1. The number of aromatic nitrogens is 5. The minimum absolute atomic E-state index is 0.258. The Morgan fingerprint density at radius 3 is 2.77 bits per heavy atom. The molecule has 0 aliphatic carbocycles. The maximum Gasteiger partial charge on any atom is 0.238 e. The fraction of sp³-hybridized carbons (Fsp3) is 0.211.